The highest BCUT2D eigenvalue weighted by molar-refractivity contribution is 5.76. The average Bonchev–Trinajstić information content (AvgIpc) is 3.38. The molecule has 0 spiro atoms. The second-order valence-electron chi connectivity index (χ2n) is 22.1. The van der Waals surface area contributed by atoms with Crippen molar-refractivity contribution in [2.45, 2.75) is 360 Å². The van der Waals surface area contributed by atoms with Gasteiger partial charge in [0.1, 0.15) is 0 Å². The van der Waals surface area contributed by atoms with Crippen molar-refractivity contribution in [3.63, 3.8) is 0 Å². The molecule has 0 aromatic carbocycles. The van der Waals surface area contributed by atoms with Crippen LogP contribution >= 0.6 is 0 Å². The van der Waals surface area contributed by atoms with Crippen LogP contribution in [0.2, 0.25) is 0 Å². The molecule has 0 heterocycles. The first-order valence-electron chi connectivity index (χ1n) is 32.3. The number of esters is 1. The van der Waals surface area contributed by atoms with Crippen molar-refractivity contribution in [2.24, 2.45) is 0 Å². The molecule has 0 aliphatic heterocycles. The van der Waals surface area contributed by atoms with Crippen LogP contribution in [0.3, 0.4) is 0 Å². The number of carbonyl (C=O) groups is 2. The van der Waals surface area contributed by atoms with Gasteiger partial charge >= 0.3 is 5.97 Å². The number of hydrogen-bond donors (Lipinski definition) is 3. The Balaban J connectivity index is 3.43. The third-order valence-corrected chi connectivity index (χ3v) is 14.9. The van der Waals surface area contributed by atoms with Crippen LogP contribution in [-0.4, -0.2) is 47.4 Å². The highest BCUT2D eigenvalue weighted by Crippen LogP contribution is 2.17. The Labute approximate surface area is 449 Å². The fourth-order valence-corrected chi connectivity index (χ4v) is 9.92. The molecular formula is C66H125NO5. The normalized spacial score (nSPS) is 12.8. The zero-order valence-corrected chi connectivity index (χ0v) is 48.4. The van der Waals surface area contributed by atoms with Gasteiger partial charge in [0, 0.05) is 12.8 Å². The Morgan fingerprint density at radius 2 is 0.653 bits per heavy atom. The molecule has 0 aromatic heterocycles. The van der Waals surface area contributed by atoms with Crippen LogP contribution in [0.5, 0.6) is 0 Å². The molecule has 0 fully saturated rings. The van der Waals surface area contributed by atoms with Gasteiger partial charge in [-0.1, -0.05) is 288 Å². The Morgan fingerprint density at radius 1 is 0.375 bits per heavy atom. The van der Waals surface area contributed by atoms with Crippen molar-refractivity contribution in [1.82, 2.24) is 5.32 Å². The van der Waals surface area contributed by atoms with Gasteiger partial charge in [-0.15, -0.1) is 0 Å². The van der Waals surface area contributed by atoms with Crippen LogP contribution in [0.4, 0.5) is 0 Å². The number of carbonyl (C=O) groups excluding carboxylic acids is 2. The van der Waals surface area contributed by atoms with Gasteiger partial charge in [0.05, 0.1) is 25.4 Å². The molecule has 3 N–H and O–H groups in total. The Bertz CT molecular complexity index is 1170. The minimum atomic E-state index is -0.850. The van der Waals surface area contributed by atoms with E-state index in [2.05, 4.69) is 43.5 Å². The van der Waals surface area contributed by atoms with E-state index in [-0.39, 0.29) is 18.5 Å². The molecule has 0 saturated heterocycles. The SMILES string of the molecule is CCCCCCCCC/C=C\CCCCCCCCCC(=O)OCCCCCCCCCCCC/C=C\CCCCCCCCCC(=O)NC(CO)C(O)/C=C/CCCCCCCCCCCCCCCC. The lowest BCUT2D eigenvalue weighted by Crippen LogP contribution is -2.45. The summed E-state index contributed by atoms with van der Waals surface area (Å²) in [6.45, 7) is 4.91. The number of ether oxygens (including phenoxy) is 1. The van der Waals surface area contributed by atoms with Crippen molar-refractivity contribution < 1.29 is 24.5 Å². The maximum absolute atomic E-state index is 12.5. The molecule has 6 nitrogen and oxygen atoms in total. The number of aliphatic hydroxyl groups is 2. The van der Waals surface area contributed by atoms with Crippen LogP contribution in [0.25, 0.3) is 0 Å². The molecule has 1 amide bonds. The molecule has 2 unspecified atom stereocenters. The topological polar surface area (TPSA) is 95.9 Å². The summed E-state index contributed by atoms with van der Waals surface area (Å²) in [6, 6.07) is -0.634. The monoisotopic (exact) mass is 1010 g/mol. The summed E-state index contributed by atoms with van der Waals surface area (Å²) in [6.07, 6.45) is 77.6. The summed E-state index contributed by atoms with van der Waals surface area (Å²) in [5.41, 5.74) is 0. The van der Waals surface area contributed by atoms with E-state index in [9.17, 15) is 19.8 Å². The molecule has 424 valence electrons. The van der Waals surface area contributed by atoms with E-state index in [1.165, 1.54) is 270 Å². The van der Waals surface area contributed by atoms with Crippen molar-refractivity contribution >= 4 is 11.9 Å². The highest BCUT2D eigenvalue weighted by atomic mass is 16.5. The predicted molar refractivity (Wildman–Crippen MR) is 315 cm³/mol. The lowest BCUT2D eigenvalue weighted by Gasteiger charge is -2.20. The van der Waals surface area contributed by atoms with Crippen LogP contribution in [-0.2, 0) is 14.3 Å². The fourth-order valence-electron chi connectivity index (χ4n) is 9.92. The molecule has 0 aromatic rings. The van der Waals surface area contributed by atoms with E-state index in [1.807, 2.05) is 6.08 Å². The van der Waals surface area contributed by atoms with Gasteiger partial charge in [0.15, 0.2) is 0 Å². The van der Waals surface area contributed by atoms with Crippen LogP contribution in [0, 0.1) is 0 Å². The first-order chi connectivity index (χ1) is 35.5. The molecule has 0 aliphatic rings. The number of rotatable bonds is 60. The molecule has 0 aliphatic carbocycles. The van der Waals surface area contributed by atoms with E-state index >= 15 is 0 Å². The molecule has 0 saturated carbocycles. The van der Waals surface area contributed by atoms with E-state index in [1.54, 1.807) is 6.08 Å². The number of aliphatic hydroxyl groups excluding tert-OH is 2. The summed E-state index contributed by atoms with van der Waals surface area (Å²) >= 11 is 0. The van der Waals surface area contributed by atoms with Crippen molar-refractivity contribution in [1.29, 1.82) is 0 Å². The van der Waals surface area contributed by atoms with Crippen molar-refractivity contribution in [3.05, 3.63) is 36.5 Å². The average molecular weight is 1010 g/mol. The van der Waals surface area contributed by atoms with Crippen LogP contribution in [0.1, 0.15) is 348 Å². The minimum absolute atomic E-state index is 0.00488. The van der Waals surface area contributed by atoms with Gasteiger partial charge in [0.2, 0.25) is 5.91 Å². The fraction of sp³-hybridized carbons (Fsp3) is 0.879. The number of nitrogens with one attached hydrogen (secondary N) is 1. The van der Waals surface area contributed by atoms with Gasteiger partial charge < -0.3 is 20.3 Å². The standard InChI is InChI=1S/C66H125NO5/c1-3-5-7-9-11-13-15-17-19-21-28-32-36-40-44-48-52-56-60-66(71)72-61-57-53-49-45-41-37-33-29-26-24-22-23-25-27-31-35-39-43-47-51-55-59-65(70)67-63(62-68)64(69)58-54-50-46-42-38-34-30-20-18-16-14-12-10-8-6-4-2/h19,21,23,25,54,58,63-64,68-69H,3-18,20,22,24,26-53,55-57,59-62H2,1-2H3,(H,67,70)/b21-19-,25-23-,58-54+. The zero-order valence-electron chi connectivity index (χ0n) is 48.4. The Morgan fingerprint density at radius 3 is 0.986 bits per heavy atom. The van der Waals surface area contributed by atoms with Gasteiger partial charge in [-0.25, -0.2) is 0 Å². The molecular weight excluding hydrogens is 887 g/mol. The van der Waals surface area contributed by atoms with E-state index in [4.69, 9.17) is 4.74 Å². The number of amides is 1. The van der Waals surface area contributed by atoms with Gasteiger partial charge in [0.25, 0.3) is 0 Å². The molecule has 6 heteroatoms. The molecule has 0 rings (SSSR count). The van der Waals surface area contributed by atoms with E-state index in [0.29, 0.717) is 19.4 Å². The minimum Gasteiger partial charge on any atom is -0.466 e. The molecule has 0 bridgehead atoms. The summed E-state index contributed by atoms with van der Waals surface area (Å²) in [5.74, 6) is -0.0694. The first kappa shape index (κ1) is 70.1. The maximum atomic E-state index is 12.5. The summed E-state index contributed by atoms with van der Waals surface area (Å²) in [4.78, 5) is 24.6. The van der Waals surface area contributed by atoms with Crippen LogP contribution in [0.15, 0.2) is 36.5 Å². The van der Waals surface area contributed by atoms with Crippen molar-refractivity contribution in [3.8, 4) is 0 Å². The third kappa shape index (κ3) is 57.4. The Kier molecular flexibility index (Phi) is 60.0. The molecule has 2 atom stereocenters. The lowest BCUT2D eigenvalue weighted by molar-refractivity contribution is -0.143. The summed E-state index contributed by atoms with van der Waals surface area (Å²) < 4.78 is 5.49. The lowest BCUT2D eigenvalue weighted by atomic mass is 10.0. The van der Waals surface area contributed by atoms with E-state index < -0.39 is 12.1 Å². The predicted octanol–water partition coefficient (Wildman–Crippen LogP) is 20.4. The number of hydrogen-bond acceptors (Lipinski definition) is 5. The number of unbranched alkanes of at least 4 members (excludes halogenated alkanes) is 45. The second kappa shape index (κ2) is 61.6. The summed E-state index contributed by atoms with van der Waals surface area (Å²) in [7, 11) is 0. The zero-order chi connectivity index (χ0) is 52.2. The van der Waals surface area contributed by atoms with Crippen molar-refractivity contribution in [2.75, 3.05) is 13.2 Å². The smallest absolute Gasteiger partial charge is 0.305 e. The summed E-state index contributed by atoms with van der Waals surface area (Å²) in [5, 5.41) is 23.1. The molecule has 72 heavy (non-hydrogen) atoms. The largest absolute Gasteiger partial charge is 0.466 e. The maximum Gasteiger partial charge on any atom is 0.305 e. The van der Waals surface area contributed by atoms with Gasteiger partial charge in [-0.05, 0) is 83.5 Å². The highest BCUT2D eigenvalue weighted by Gasteiger charge is 2.18. The molecule has 0 radical (unpaired) electrons. The first-order valence-corrected chi connectivity index (χ1v) is 32.3. The number of allylic oxidation sites excluding steroid dienone is 5. The van der Waals surface area contributed by atoms with Gasteiger partial charge in [-0.3, -0.25) is 9.59 Å². The van der Waals surface area contributed by atoms with Crippen LogP contribution < -0.4 is 5.32 Å². The Hall–Kier alpha value is -1.92. The third-order valence-electron chi connectivity index (χ3n) is 14.9. The quantitative estimate of drug-likeness (QED) is 0.0320. The van der Waals surface area contributed by atoms with Gasteiger partial charge in [-0.2, -0.15) is 0 Å². The second-order valence-corrected chi connectivity index (χ2v) is 22.1. The van der Waals surface area contributed by atoms with E-state index in [0.717, 1.165) is 51.4 Å².